The van der Waals surface area contributed by atoms with Gasteiger partial charge in [0.15, 0.2) is 0 Å². The summed E-state index contributed by atoms with van der Waals surface area (Å²) in [5.41, 5.74) is 1.000. The number of carbonyl (C=O) groups excluding carboxylic acids is 1. The van der Waals surface area contributed by atoms with Gasteiger partial charge in [-0.1, -0.05) is 17.7 Å². The number of nitrogens with one attached hydrogen (secondary N) is 1. The van der Waals surface area contributed by atoms with Crippen LogP contribution in [0.1, 0.15) is 10.5 Å². The first-order chi connectivity index (χ1) is 10.6. The van der Waals surface area contributed by atoms with E-state index in [0.717, 1.165) is 18.8 Å². The lowest BCUT2D eigenvalue weighted by Gasteiger charge is -2.36. The molecular weight excluding hydrogens is 304 g/mol. The molecule has 0 saturated carbocycles. The van der Waals surface area contributed by atoms with Gasteiger partial charge in [0, 0.05) is 43.0 Å². The average Bonchev–Trinajstić information content (AvgIpc) is 2.55. The van der Waals surface area contributed by atoms with Crippen LogP contribution in [0.2, 0.25) is 5.02 Å². The van der Waals surface area contributed by atoms with Crippen molar-refractivity contribution in [2.45, 2.75) is 0 Å². The van der Waals surface area contributed by atoms with E-state index >= 15 is 0 Å². The molecule has 0 aliphatic carbocycles. The number of benzene rings is 1. The molecule has 7 heteroatoms. The summed E-state index contributed by atoms with van der Waals surface area (Å²) in [7, 11) is 0. The molecule has 6 nitrogen and oxygen atoms in total. The highest BCUT2D eigenvalue weighted by molar-refractivity contribution is 6.30. The largest absolute Gasteiger partial charge is 0.368 e. The molecule has 114 valence electrons. The maximum atomic E-state index is 12.3. The molecule has 2 aromatic rings. The molecule has 0 bridgehead atoms. The van der Waals surface area contributed by atoms with E-state index in [0.29, 0.717) is 18.1 Å². The molecule has 3 rings (SSSR count). The molecule has 0 atom stereocenters. The van der Waals surface area contributed by atoms with Crippen molar-refractivity contribution in [1.82, 2.24) is 15.1 Å². The number of piperazine rings is 1. The second kappa shape index (κ2) is 6.19. The van der Waals surface area contributed by atoms with Crippen LogP contribution in [-0.2, 0) is 0 Å². The van der Waals surface area contributed by atoms with E-state index in [1.165, 1.54) is 12.1 Å². The quantitative estimate of drug-likeness (QED) is 0.908. The SMILES string of the molecule is O=C(c1ccc(=O)[nH]n1)N1CCN(c2cccc(Cl)c2)CC1. The van der Waals surface area contributed by atoms with Crippen molar-refractivity contribution < 1.29 is 4.79 Å². The van der Waals surface area contributed by atoms with Crippen molar-refractivity contribution in [3.63, 3.8) is 0 Å². The van der Waals surface area contributed by atoms with Crippen LogP contribution in [0.4, 0.5) is 5.69 Å². The maximum absolute atomic E-state index is 12.3. The van der Waals surface area contributed by atoms with Gasteiger partial charge in [0.1, 0.15) is 5.69 Å². The molecule has 1 aromatic heterocycles. The van der Waals surface area contributed by atoms with Crippen molar-refractivity contribution in [2.75, 3.05) is 31.1 Å². The number of aromatic amines is 1. The number of carbonyl (C=O) groups is 1. The van der Waals surface area contributed by atoms with E-state index in [-0.39, 0.29) is 17.2 Å². The van der Waals surface area contributed by atoms with Crippen LogP contribution in [0.25, 0.3) is 0 Å². The number of rotatable bonds is 2. The number of hydrogen-bond acceptors (Lipinski definition) is 4. The Labute approximate surface area is 132 Å². The zero-order chi connectivity index (χ0) is 15.5. The molecule has 1 aromatic carbocycles. The van der Waals surface area contributed by atoms with Gasteiger partial charge < -0.3 is 9.80 Å². The van der Waals surface area contributed by atoms with Crippen LogP contribution in [0.5, 0.6) is 0 Å². The Kier molecular flexibility index (Phi) is 4.11. The second-order valence-electron chi connectivity index (χ2n) is 5.07. The minimum atomic E-state index is -0.317. The Morgan fingerprint density at radius 1 is 1.14 bits per heavy atom. The third kappa shape index (κ3) is 3.12. The van der Waals surface area contributed by atoms with Gasteiger partial charge in [-0.25, -0.2) is 5.10 Å². The zero-order valence-electron chi connectivity index (χ0n) is 11.8. The molecular formula is C15H15ClN4O2. The Balaban J connectivity index is 1.65. The van der Waals surface area contributed by atoms with Gasteiger partial charge in [0.25, 0.3) is 11.5 Å². The number of amides is 1. The first-order valence-corrected chi connectivity index (χ1v) is 7.37. The summed E-state index contributed by atoms with van der Waals surface area (Å²) in [6.07, 6.45) is 0. The Hall–Kier alpha value is -2.34. The molecule has 0 radical (unpaired) electrons. The Morgan fingerprint density at radius 2 is 1.91 bits per heavy atom. The summed E-state index contributed by atoms with van der Waals surface area (Å²) >= 11 is 6.01. The lowest BCUT2D eigenvalue weighted by Crippen LogP contribution is -2.49. The Morgan fingerprint density at radius 3 is 2.55 bits per heavy atom. The van der Waals surface area contributed by atoms with Crippen LogP contribution in [0.15, 0.2) is 41.2 Å². The minimum Gasteiger partial charge on any atom is -0.368 e. The molecule has 1 aliphatic rings. The molecule has 1 aliphatic heterocycles. The lowest BCUT2D eigenvalue weighted by atomic mass is 10.2. The van der Waals surface area contributed by atoms with Gasteiger partial charge in [-0.2, -0.15) is 5.10 Å². The maximum Gasteiger partial charge on any atom is 0.274 e. The minimum absolute atomic E-state index is 0.165. The number of halogens is 1. The summed E-state index contributed by atoms with van der Waals surface area (Å²) in [4.78, 5) is 27.2. The van der Waals surface area contributed by atoms with Crippen LogP contribution < -0.4 is 10.5 Å². The van der Waals surface area contributed by atoms with Gasteiger partial charge in [0.05, 0.1) is 0 Å². The number of hydrogen-bond donors (Lipinski definition) is 1. The number of nitrogens with zero attached hydrogens (tertiary/aromatic N) is 3. The molecule has 1 N–H and O–H groups in total. The monoisotopic (exact) mass is 318 g/mol. The van der Waals surface area contributed by atoms with Gasteiger partial charge in [0.2, 0.25) is 0 Å². The third-order valence-electron chi connectivity index (χ3n) is 3.64. The molecule has 0 unspecified atom stereocenters. The van der Waals surface area contributed by atoms with Gasteiger partial charge >= 0.3 is 0 Å². The number of H-pyrrole nitrogens is 1. The summed E-state index contributed by atoms with van der Waals surface area (Å²) < 4.78 is 0. The van der Waals surface area contributed by atoms with Crippen LogP contribution in [-0.4, -0.2) is 47.2 Å². The zero-order valence-corrected chi connectivity index (χ0v) is 12.6. The predicted molar refractivity (Wildman–Crippen MR) is 84.4 cm³/mol. The van der Waals surface area contributed by atoms with Crippen molar-refractivity contribution >= 4 is 23.2 Å². The van der Waals surface area contributed by atoms with Crippen molar-refractivity contribution in [1.29, 1.82) is 0 Å². The fourth-order valence-corrected chi connectivity index (χ4v) is 2.65. The predicted octanol–water partition coefficient (Wildman–Crippen LogP) is 1.39. The highest BCUT2D eigenvalue weighted by atomic mass is 35.5. The molecule has 0 spiro atoms. The van der Waals surface area contributed by atoms with E-state index in [9.17, 15) is 9.59 Å². The first kappa shape index (κ1) is 14.6. The molecule has 2 heterocycles. The summed E-state index contributed by atoms with van der Waals surface area (Å²) in [5, 5.41) is 6.77. The fourth-order valence-electron chi connectivity index (χ4n) is 2.47. The standard InChI is InChI=1S/C15H15ClN4O2/c16-11-2-1-3-12(10-11)19-6-8-20(9-7-19)15(22)13-4-5-14(21)18-17-13/h1-5,10H,6-9H2,(H,18,21). The highest BCUT2D eigenvalue weighted by Crippen LogP contribution is 2.21. The second-order valence-corrected chi connectivity index (χ2v) is 5.50. The van der Waals surface area contributed by atoms with Gasteiger partial charge in [-0.3, -0.25) is 9.59 Å². The first-order valence-electron chi connectivity index (χ1n) is 6.99. The fraction of sp³-hybridized carbons (Fsp3) is 0.267. The van der Waals surface area contributed by atoms with Crippen molar-refractivity contribution in [3.05, 3.63) is 57.5 Å². The normalized spacial score (nSPS) is 15.0. The molecule has 1 fully saturated rings. The van der Waals surface area contributed by atoms with E-state index < -0.39 is 0 Å². The smallest absolute Gasteiger partial charge is 0.274 e. The highest BCUT2D eigenvalue weighted by Gasteiger charge is 2.23. The van der Waals surface area contributed by atoms with E-state index in [4.69, 9.17) is 11.6 Å². The number of anilines is 1. The third-order valence-corrected chi connectivity index (χ3v) is 3.87. The average molecular weight is 319 g/mol. The van der Waals surface area contributed by atoms with Gasteiger partial charge in [-0.05, 0) is 24.3 Å². The van der Waals surface area contributed by atoms with E-state index in [1.807, 2.05) is 24.3 Å². The number of aromatic nitrogens is 2. The molecule has 1 amide bonds. The summed E-state index contributed by atoms with van der Waals surface area (Å²) in [5.74, 6) is -0.165. The molecule has 22 heavy (non-hydrogen) atoms. The van der Waals surface area contributed by atoms with Crippen molar-refractivity contribution in [2.24, 2.45) is 0 Å². The van der Waals surface area contributed by atoms with Crippen LogP contribution in [0, 0.1) is 0 Å². The van der Waals surface area contributed by atoms with Crippen molar-refractivity contribution in [3.8, 4) is 0 Å². The Bertz CT molecular complexity index is 718. The summed E-state index contributed by atoms with van der Waals surface area (Å²) in [6, 6.07) is 10.4. The van der Waals surface area contributed by atoms with E-state index in [1.54, 1.807) is 4.90 Å². The van der Waals surface area contributed by atoms with E-state index in [2.05, 4.69) is 15.1 Å². The van der Waals surface area contributed by atoms with Crippen LogP contribution in [0.3, 0.4) is 0 Å². The topological polar surface area (TPSA) is 69.3 Å². The van der Waals surface area contributed by atoms with Crippen LogP contribution >= 0.6 is 11.6 Å². The summed E-state index contributed by atoms with van der Waals surface area (Å²) in [6.45, 7) is 2.67. The lowest BCUT2D eigenvalue weighted by molar-refractivity contribution is 0.0739. The molecule has 1 saturated heterocycles. The van der Waals surface area contributed by atoms with Gasteiger partial charge in [-0.15, -0.1) is 0 Å².